The van der Waals surface area contributed by atoms with Crippen molar-refractivity contribution in [3.8, 4) is 0 Å². The van der Waals surface area contributed by atoms with E-state index in [9.17, 15) is 23.7 Å². The minimum absolute atomic E-state index is 0.0700. The van der Waals surface area contributed by atoms with Gasteiger partial charge in [0, 0.05) is 24.7 Å². The second-order valence-corrected chi connectivity index (χ2v) is 5.45. The van der Waals surface area contributed by atoms with E-state index in [1.165, 1.54) is 30.1 Å². The number of carbonyl (C=O) groups is 1. The molecule has 0 bridgehead atoms. The summed E-state index contributed by atoms with van der Waals surface area (Å²) in [6, 6.07) is 8.16. The number of nitro groups is 1. The maximum Gasteiger partial charge on any atom is 0.269 e. The molecule has 2 rings (SSSR count). The zero-order valence-corrected chi connectivity index (χ0v) is 13.2. The van der Waals surface area contributed by atoms with Gasteiger partial charge >= 0.3 is 0 Å². The van der Waals surface area contributed by atoms with Crippen LogP contribution in [-0.4, -0.2) is 22.8 Å². The van der Waals surface area contributed by atoms with Crippen LogP contribution in [0.5, 0.6) is 0 Å². The quantitative estimate of drug-likeness (QED) is 0.619. The Morgan fingerprint density at radius 3 is 2.62 bits per heavy atom. The number of benzene rings is 2. The molecule has 0 saturated heterocycles. The fourth-order valence-corrected chi connectivity index (χ4v) is 2.34. The van der Waals surface area contributed by atoms with E-state index in [1.807, 2.05) is 0 Å². The van der Waals surface area contributed by atoms with Crippen molar-refractivity contribution in [1.29, 1.82) is 0 Å². The number of rotatable bonds is 5. The van der Waals surface area contributed by atoms with E-state index < -0.39 is 22.6 Å². The lowest BCUT2D eigenvalue weighted by molar-refractivity contribution is -0.384. The summed E-state index contributed by atoms with van der Waals surface area (Å²) in [5, 5.41) is 10.8. The predicted molar refractivity (Wildman–Crippen MR) is 84.3 cm³/mol. The van der Waals surface area contributed by atoms with Crippen molar-refractivity contribution >= 4 is 11.6 Å². The fourth-order valence-electron chi connectivity index (χ4n) is 2.34. The third-order valence-electron chi connectivity index (χ3n) is 3.86. The number of non-ortho nitro benzene ring substituents is 1. The van der Waals surface area contributed by atoms with E-state index in [0.717, 1.165) is 18.2 Å². The first-order chi connectivity index (χ1) is 11.3. The number of amides is 1. The van der Waals surface area contributed by atoms with Crippen molar-refractivity contribution in [3.05, 3.63) is 75.3 Å². The van der Waals surface area contributed by atoms with Gasteiger partial charge in [-0.2, -0.15) is 0 Å². The van der Waals surface area contributed by atoms with Gasteiger partial charge in [0.15, 0.2) is 0 Å². The lowest BCUT2D eigenvalue weighted by Gasteiger charge is -2.26. The second kappa shape index (κ2) is 7.16. The minimum Gasteiger partial charge on any atom is -0.339 e. The maximum absolute atomic E-state index is 13.8. The normalized spacial score (nSPS) is 11.8. The Balaban J connectivity index is 2.15. The van der Waals surface area contributed by atoms with Crippen LogP contribution in [0.25, 0.3) is 0 Å². The molecule has 0 N–H and O–H groups in total. The lowest BCUT2D eigenvalue weighted by atomic mass is 10.0. The van der Waals surface area contributed by atoms with Gasteiger partial charge in [-0.25, -0.2) is 8.78 Å². The van der Waals surface area contributed by atoms with Gasteiger partial charge in [0.25, 0.3) is 5.69 Å². The van der Waals surface area contributed by atoms with E-state index >= 15 is 0 Å². The summed E-state index contributed by atoms with van der Waals surface area (Å²) in [4.78, 5) is 23.9. The molecule has 0 aliphatic carbocycles. The third kappa shape index (κ3) is 3.92. The van der Waals surface area contributed by atoms with E-state index in [4.69, 9.17) is 0 Å². The SMILES string of the molecule is C[C@H](c1cc(F)ccc1F)N(C)C(=O)Cc1cccc([N+](=O)[O-])c1. The highest BCUT2D eigenvalue weighted by Crippen LogP contribution is 2.24. The summed E-state index contributed by atoms with van der Waals surface area (Å²) in [6.45, 7) is 1.59. The molecule has 7 heteroatoms. The molecule has 0 unspecified atom stereocenters. The Kier molecular flexibility index (Phi) is 5.23. The summed E-state index contributed by atoms with van der Waals surface area (Å²) in [5.41, 5.74) is 0.449. The van der Waals surface area contributed by atoms with Crippen LogP contribution in [0.2, 0.25) is 0 Å². The number of nitrogens with zero attached hydrogens (tertiary/aromatic N) is 2. The average Bonchev–Trinajstić information content (AvgIpc) is 2.55. The molecule has 126 valence electrons. The monoisotopic (exact) mass is 334 g/mol. The Morgan fingerprint density at radius 2 is 1.96 bits per heavy atom. The lowest BCUT2D eigenvalue weighted by Crippen LogP contribution is -2.31. The zero-order chi connectivity index (χ0) is 17.9. The Hall–Kier alpha value is -2.83. The standard InChI is InChI=1S/C17H16F2N2O3/c1-11(15-10-13(18)6-7-16(15)19)20(2)17(22)9-12-4-3-5-14(8-12)21(23)24/h3-8,10-11H,9H2,1-2H3/t11-/m1/s1. The summed E-state index contributed by atoms with van der Waals surface area (Å²) in [6.07, 6.45) is -0.0700. The number of nitro benzene ring substituents is 1. The molecule has 0 fully saturated rings. The van der Waals surface area contributed by atoms with Gasteiger partial charge in [-0.05, 0) is 30.7 Å². The molecular formula is C17H16F2N2O3. The summed E-state index contributed by atoms with van der Waals surface area (Å²) >= 11 is 0. The van der Waals surface area contributed by atoms with Crippen LogP contribution >= 0.6 is 0 Å². The van der Waals surface area contributed by atoms with Gasteiger partial charge in [0.1, 0.15) is 11.6 Å². The molecule has 0 heterocycles. The molecule has 0 saturated carbocycles. The van der Waals surface area contributed by atoms with Crippen LogP contribution in [0.15, 0.2) is 42.5 Å². The highest BCUT2D eigenvalue weighted by Gasteiger charge is 2.21. The number of likely N-dealkylation sites (N-methyl/N-ethyl adjacent to an activating group) is 1. The molecule has 0 spiro atoms. The topological polar surface area (TPSA) is 63.5 Å². The van der Waals surface area contributed by atoms with Crippen molar-refractivity contribution in [2.75, 3.05) is 7.05 Å². The fraction of sp³-hybridized carbons (Fsp3) is 0.235. The first-order valence-corrected chi connectivity index (χ1v) is 7.23. The maximum atomic E-state index is 13.8. The molecule has 0 aliphatic rings. The summed E-state index contributed by atoms with van der Waals surface area (Å²) in [7, 11) is 1.48. The van der Waals surface area contributed by atoms with Gasteiger partial charge in [-0.15, -0.1) is 0 Å². The minimum atomic E-state index is -0.674. The van der Waals surface area contributed by atoms with Crippen LogP contribution < -0.4 is 0 Å². The first kappa shape index (κ1) is 17.5. The van der Waals surface area contributed by atoms with Gasteiger partial charge in [-0.3, -0.25) is 14.9 Å². The third-order valence-corrected chi connectivity index (χ3v) is 3.86. The molecule has 0 aromatic heterocycles. The smallest absolute Gasteiger partial charge is 0.269 e. The van der Waals surface area contributed by atoms with Crippen molar-refractivity contribution in [3.63, 3.8) is 0 Å². The first-order valence-electron chi connectivity index (χ1n) is 7.23. The Labute approximate surface area is 137 Å². The molecule has 1 amide bonds. The van der Waals surface area contributed by atoms with Crippen molar-refractivity contribution in [2.24, 2.45) is 0 Å². The highest BCUT2D eigenvalue weighted by molar-refractivity contribution is 5.79. The van der Waals surface area contributed by atoms with Crippen molar-refractivity contribution in [2.45, 2.75) is 19.4 Å². The second-order valence-electron chi connectivity index (χ2n) is 5.45. The molecule has 2 aromatic rings. The van der Waals surface area contributed by atoms with Gasteiger partial charge < -0.3 is 4.90 Å². The van der Waals surface area contributed by atoms with Crippen molar-refractivity contribution in [1.82, 2.24) is 4.90 Å². The van der Waals surface area contributed by atoms with Crippen LogP contribution in [0.1, 0.15) is 24.1 Å². The van der Waals surface area contributed by atoms with E-state index in [-0.39, 0.29) is 23.6 Å². The zero-order valence-electron chi connectivity index (χ0n) is 13.2. The number of halogens is 2. The van der Waals surface area contributed by atoms with E-state index in [2.05, 4.69) is 0 Å². The van der Waals surface area contributed by atoms with Crippen LogP contribution in [0.4, 0.5) is 14.5 Å². The van der Waals surface area contributed by atoms with Gasteiger partial charge in [-0.1, -0.05) is 12.1 Å². The number of carbonyl (C=O) groups excluding carboxylic acids is 1. The molecule has 2 aromatic carbocycles. The van der Waals surface area contributed by atoms with Crippen LogP contribution in [0.3, 0.4) is 0 Å². The predicted octanol–water partition coefficient (Wildman–Crippen LogP) is 3.64. The van der Waals surface area contributed by atoms with Crippen molar-refractivity contribution < 1.29 is 18.5 Å². The molecule has 0 radical (unpaired) electrons. The summed E-state index contributed by atoms with van der Waals surface area (Å²) < 4.78 is 27.1. The summed E-state index contributed by atoms with van der Waals surface area (Å²) in [5.74, 6) is -1.54. The Morgan fingerprint density at radius 1 is 1.25 bits per heavy atom. The van der Waals surface area contributed by atoms with E-state index in [0.29, 0.717) is 5.56 Å². The van der Waals surface area contributed by atoms with E-state index in [1.54, 1.807) is 13.0 Å². The molecule has 0 aliphatic heterocycles. The van der Waals surface area contributed by atoms with Crippen LogP contribution in [-0.2, 0) is 11.2 Å². The van der Waals surface area contributed by atoms with Gasteiger partial charge in [0.05, 0.1) is 17.4 Å². The number of hydrogen-bond donors (Lipinski definition) is 0. The molecular weight excluding hydrogens is 318 g/mol. The number of hydrogen-bond acceptors (Lipinski definition) is 3. The molecule has 5 nitrogen and oxygen atoms in total. The average molecular weight is 334 g/mol. The largest absolute Gasteiger partial charge is 0.339 e. The van der Waals surface area contributed by atoms with Gasteiger partial charge in [0.2, 0.25) is 5.91 Å². The molecule has 1 atom stereocenters. The highest BCUT2D eigenvalue weighted by atomic mass is 19.1. The molecule has 24 heavy (non-hydrogen) atoms. The Bertz CT molecular complexity index is 780. The van der Waals surface area contributed by atoms with Crippen LogP contribution in [0, 0.1) is 21.7 Å².